The predicted molar refractivity (Wildman–Crippen MR) is 85.8 cm³/mol. The Bertz CT molecular complexity index is 771. The summed E-state index contributed by atoms with van der Waals surface area (Å²) in [5.74, 6) is 0.852. The average Bonchev–Trinajstić information content (AvgIpc) is 3.05. The van der Waals surface area contributed by atoms with Crippen LogP contribution in [0.4, 0.5) is 5.13 Å². The van der Waals surface area contributed by atoms with Crippen LogP contribution in [0.15, 0.2) is 41.1 Å². The number of nitrogens with one attached hydrogen (secondary N) is 1. The molecule has 1 aromatic carbocycles. The number of hydrazone groups is 1. The van der Waals surface area contributed by atoms with E-state index >= 15 is 0 Å². The predicted octanol–water partition coefficient (Wildman–Crippen LogP) is 3.35. The smallest absolute Gasteiger partial charge is 0.225 e. The van der Waals surface area contributed by atoms with Crippen molar-refractivity contribution >= 4 is 33.6 Å². The Morgan fingerprint density at radius 1 is 1.38 bits per heavy atom. The molecule has 0 bridgehead atoms. The molecule has 3 aromatic rings. The van der Waals surface area contributed by atoms with Gasteiger partial charge in [0.05, 0.1) is 6.21 Å². The van der Waals surface area contributed by atoms with Crippen LogP contribution in [-0.4, -0.2) is 21.0 Å². The third-order valence-corrected chi connectivity index (χ3v) is 4.29. The Kier molecular flexibility index (Phi) is 3.16. The first-order valence-corrected chi connectivity index (χ1v) is 7.91. The molecule has 0 amide bonds. The van der Waals surface area contributed by atoms with Crippen LogP contribution in [0.3, 0.4) is 0 Å². The fourth-order valence-corrected chi connectivity index (χ4v) is 2.88. The lowest BCUT2D eigenvalue weighted by atomic mass is 10.2. The van der Waals surface area contributed by atoms with Crippen LogP contribution >= 0.6 is 11.3 Å². The number of hydrogen-bond acceptors (Lipinski definition) is 5. The quantitative estimate of drug-likeness (QED) is 0.580. The molecular weight excluding hydrogens is 282 g/mol. The van der Waals surface area contributed by atoms with Gasteiger partial charge < -0.3 is 4.57 Å². The molecule has 106 valence electrons. The monoisotopic (exact) mass is 297 g/mol. The number of nitrogens with zero attached hydrogens (tertiary/aromatic N) is 4. The normalized spacial score (nSPS) is 15.0. The molecule has 0 aliphatic heterocycles. The van der Waals surface area contributed by atoms with Crippen molar-refractivity contribution in [3.8, 4) is 0 Å². The number of hydrogen-bond donors (Lipinski definition) is 1. The Labute approximate surface area is 126 Å². The molecule has 6 heteroatoms. The van der Waals surface area contributed by atoms with E-state index in [1.54, 1.807) is 5.51 Å². The van der Waals surface area contributed by atoms with Crippen LogP contribution in [0.5, 0.6) is 0 Å². The lowest BCUT2D eigenvalue weighted by Gasteiger charge is -2.02. The van der Waals surface area contributed by atoms with Gasteiger partial charge in [-0.05, 0) is 24.8 Å². The second-order valence-corrected chi connectivity index (χ2v) is 6.14. The topological polar surface area (TPSA) is 55.1 Å². The summed E-state index contributed by atoms with van der Waals surface area (Å²) in [5.41, 5.74) is 6.99. The molecular formula is C15H15N5S. The summed E-state index contributed by atoms with van der Waals surface area (Å²) in [7, 11) is 0. The van der Waals surface area contributed by atoms with E-state index in [2.05, 4.69) is 55.8 Å². The number of para-hydroxylation sites is 1. The van der Waals surface area contributed by atoms with Gasteiger partial charge in [-0.15, -0.1) is 10.2 Å². The minimum absolute atomic E-state index is 0.702. The average molecular weight is 297 g/mol. The first-order valence-electron chi connectivity index (χ1n) is 7.03. The highest BCUT2D eigenvalue weighted by molar-refractivity contribution is 7.13. The van der Waals surface area contributed by atoms with Gasteiger partial charge in [0.15, 0.2) is 0 Å². The second kappa shape index (κ2) is 5.29. The number of benzene rings is 1. The molecule has 1 aliphatic carbocycles. The number of anilines is 1. The van der Waals surface area contributed by atoms with Crippen molar-refractivity contribution in [3.05, 3.63) is 41.5 Å². The first kappa shape index (κ1) is 12.5. The van der Waals surface area contributed by atoms with Crippen LogP contribution in [0.2, 0.25) is 0 Å². The van der Waals surface area contributed by atoms with E-state index < -0.39 is 0 Å². The van der Waals surface area contributed by atoms with Crippen LogP contribution in [-0.2, 0) is 6.54 Å². The highest BCUT2D eigenvalue weighted by Crippen LogP contribution is 2.32. The Balaban J connectivity index is 1.62. The number of rotatable bonds is 5. The zero-order valence-corrected chi connectivity index (χ0v) is 12.3. The molecule has 0 radical (unpaired) electrons. The van der Waals surface area contributed by atoms with Crippen LogP contribution in [0.25, 0.3) is 10.9 Å². The van der Waals surface area contributed by atoms with Crippen LogP contribution in [0.1, 0.15) is 18.4 Å². The molecule has 0 atom stereocenters. The second-order valence-electron chi connectivity index (χ2n) is 5.31. The van der Waals surface area contributed by atoms with Gasteiger partial charge in [0.1, 0.15) is 5.51 Å². The molecule has 5 nitrogen and oxygen atoms in total. The van der Waals surface area contributed by atoms with E-state index in [1.165, 1.54) is 35.1 Å². The molecule has 0 spiro atoms. The van der Waals surface area contributed by atoms with Crippen molar-refractivity contribution in [2.45, 2.75) is 19.4 Å². The third-order valence-electron chi connectivity index (χ3n) is 3.70. The minimum atomic E-state index is 0.702. The zero-order chi connectivity index (χ0) is 14.1. The Morgan fingerprint density at radius 2 is 2.29 bits per heavy atom. The highest BCUT2D eigenvalue weighted by atomic mass is 32.1. The maximum Gasteiger partial charge on any atom is 0.225 e. The molecule has 4 rings (SSSR count). The van der Waals surface area contributed by atoms with E-state index in [1.807, 2.05) is 6.21 Å². The molecule has 21 heavy (non-hydrogen) atoms. The number of fused-ring (bicyclic) bond motifs is 1. The summed E-state index contributed by atoms with van der Waals surface area (Å²) in [6.07, 6.45) is 6.75. The molecule has 1 N–H and O–H groups in total. The van der Waals surface area contributed by atoms with Crippen LogP contribution in [0, 0.1) is 5.92 Å². The van der Waals surface area contributed by atoms with Gasteiger partial charge in [-0.25, -0.2) is 0 Å². The van der Waals surface area contributed by atoms with E-state index in [9.17, 15) is 0 Å². The first-order chi connectivity index (χ1) is 10.4. The Hall–Kier alpha value is -2.21. The van der Waals surface area contributed by atoms with Crippen molar-refractivity contribution in [2.24, 2.45) is 11.0 Å². The summed E-state index contributed by atoms with van der Waals surface area (Å²) >= 11 is 1.43. The molecule has 0 unspecified atom stereocenters. The largest absolute Gasteiger partial charge is 0.347 e. The van der Waals surface area contributed by atoms with E-state index in [-0.39, 0.29) is 0 Å². The zero-order valence-electron chi connectivity index (χ0n) is 11.4. The van der Waals surface area contributed by atoms with Crippen molar-refractivity contribution in [2.75, 3.05) is 5.43 Å². The fraction of sp³-hybridized carbons (Fsp3) is 0.267. The number of aromatic nitrogens is 3. The van der Waals surface area contributed by atoms with Crippen molar-refractivity contribution in [3.63, 3.8) is 0 Å². The molecule has 1 saturated carbocycles. The maximum absolute atomic E-state index is 4.26. The third kappa shape index (κ3) is 2.67. The SMILES string of the molecule is C(=N\Nc1nncs1)/c1cn(CC2CC2)c2ccccc12. The summed E-state index contributed by atoms with van der Waals surface area (Å²) in [4.78, 5) is 0. The minimum Gasteiger partial charge on any atom is -0.347 e. The van der Waals surface area contributed by atoms with Crippen molar-refractivity contribution in [1.29, 1.82) is 0 Å². The van der Waals surface area contributed by atoms with Gasteiger partial charge in [-0.2, -0.15) is 5.10 Å². The molecule has 1 aliphatic rings. The van der Waals surface area contributed by atoms with E-state index in [4.69, 9.17) is 0 Å². The lowest BCUT2D eigenvalue weighted by molar-refractivity contribution is 0.647. The molecule has 0 saturated heterocycles. The van der Waals surface area contributed by atoms with E-state index in [0.29, 0.717) is 5.13 Å². The summed E-state index contributed by atoms with van der Waals surface area (Å²) in [5, 5.41) is 13.9. The van der Waals surface area contributed by atoms with Gasteiger partial charge in [0, 0.05) is 29.2 Å². The van der Waals surface area contributed by atoms with E-state index in [0.717, 1.165) is 18.0 Å². The summed E-state index contributed by atoms with van der Waals surface area (Å²) < 4.78 is 2.35. The van der Waals surface area contributed by atoms with Crippen molar-refractivity contribution in [1.82, 2.24) is 14.8 Å². The fourth-order valence-electron chi connectivity index (χ4n) is 2.49. The van der Waals surface area contributed by atoms with Crippen LogP contribution < -0.4 is 5.43 Å². The maximum atomic E-state index is 4.26. The standard InChI is InChI=1S/C15H15N5S/c1-2-4-14-13(3-1)12(9-20(14)8-11-5-6-11)7-16-18-15-19-17-10-21-15/h1-4,7,9-11H,5-6,8H2,(H,18,19)/b16-7+. The van der Waals surface area contributed by atoms with Crippen molar-refractivity contribution < 1.29 is 0 Å². The molecule has 2 aromatic heterocycles. The van der Waals surface area contributed by atoms with Gasteiger partial charge in [0.25, 0.3) is 0 Å². The van der Waals surface area contributed by atoms with Gasteiger partial charge in [0.2, 0.25) is 5.13 Å². The van der Waals surface area contributed by atoms with Gasteiger partial charge >= 0.3 is 0 Å². The van der Waals surface area contributed by atoms with Gasteiger partial charge in [-0.3, -0.25) is 5.43 Å². The lowest BCUT2D eigenvalue weighted by Crippen LogP contribution is -1.97. The van der Waals surface area contributed by atoms with Gasteiger partial charge in [-0.1, -0.05) is 29.5 Å². The molecule has 1 fully saturated rings. The molecule has 2 heterocycles. The highest BCUT2D eigenvalue weighted by Gasteiger charge is 2.22. The summed E-state index contributed by atoms with van der Waals surface area (Å²) in [6, 6.07) is 8.48. The summed E-state index contributed by atoms with van der Waals surface area (Å²) in [6.45, 7) is 1.11. The Morgan fingerprint density at radius 3 is 3.10 bits per heavy atom.